The Labute approximate surface area is 155 Å². The summed E-state index contributed by atoms with van der Waals surface area (Å²) in [5, 5.41) is 1.10. The maximum absolute atomic E-state index is 6.21. The van der Waals surface area contributed by atoms with Crippen LogP contribution in [-0.2, 0) is 13.0 Å². The number of ether oxygens (including phenoxy) is 2. The normalized spacial score (nSPS) is 10.5. The smallest absolute Gasteiger partial charge is 0.236 e. The van der Waals surface area contributed by atoms with Crippen molar-refractivity contribution in [1.82, 2.24) is 15.0 Å². The van der Waals surface area contributed by atoms with Crippen LogP contribution in [0.25, 0.3) is 0 Å². The van der Waals surface area contributed by atoms with Gasteiger partial charge in [-0.15, -0.1) is 0 Å². The summed E-state index contributed by atoms with van der Waals surface area (Å²) in [5.74, 6) is 1.52. The highest BCUT2D eigenvalue weighted by Crippen LogP contribution is 2.25. The first-order chi connectivity index (χ1) is 12.2. The maximum atomic E-state index is 6.21. The van der Waals surface area contributed by atoms with Crippen molar-refractivity contribution in [3.05, 3.63) is 70.2 Å². The van der Waals surface area contributed by atoms with Crippen molar-refractivity contribution in [2.75, 3.05) is 0 Å². The van der Waals surface area contributed by atoms with Gasteiger partial charge in [-0.3, -0.25) is 0 Å². The fourth-order valence-electron chi connectivity index (χ4n) is 2.07. The average Bonchev–Trinajstić information content (AvgIpc) is 2.64. The molecular weight excluding hydrogens is 361 g/mol. The Morgan fingerprint density at radius 1 is 0.960 bits per heavy atom. The van der Waals surface area contributed by atoms with E-state index >= 15 is 0 Å². The molecule has 0 unspecified atom stereocenters. The Morgan fingerprint density at radius 3 is 2.44 bits per heavy atom. The van der Waals surface area contributed by atoms with E-state index in [1.54, 1.807) is 36.5 Å². The van der Waals surface area contributed by atoms with Gasteiger partial charge in [0.25, 0.3) is 0 Å². The van der Waals surface area contributed by atoms with Gasteiger partial charge in [0.1, 0.15) is 23.7 Å². The van der Waals surface area contributed by atoms with Crippen LogP contribution >= 0.6 is 23.2 Å². The summed E-state index contributed by atoms with van der Waals surface area (Å²) in [6.07, 6.45) is 3.85. The van der Waals surface area contributed by atoms with Crippen LogP contribution in [0.1, 0.15) is 18.2 Å². The predicted octanol–water partition coefficient (Wildman–Crippen LogP) is 5.11. The number of pyridine rings is 1. The molecule has 25 heavy (non-hydrogen) atoms. The van der Waals surface area contributed by atoms with Gasteiger partial charge in [-0.1, -0.05) is 30.1 Å². The van der Waals surface area contributed by atoms with Crippen LogP contribution < -0.4 is 9.47 Å². The summed E-state index contributed by atoms with van der Waals surface area (Å²) in [5.41, 5.74) is 1.63. The molecule has 1 aromatic carbocycles. The molecule has 2 heterocycles. The van der Waals surface area contributed by atoms with E-state index in [1.807, 2.05) is 13.0 Å². The summed E-state index contributed by atoms with van der Waals surface area (Å²) >= 11 is 12.1. The Morgan fingerprint density at radius 2 is 1.76 bits per heavy atom. The van der Waals surface area contributed by atoms with E-state index < -0.39 is 0 Å². The highest BCUT2D eigenvalue weighted by atomic mass is 35.5. The van der Waals surface area contributed by atoms with Gasteiger partial charge in [-0.05, 0) is 36.8 Å². The van der Waals surface area contributed by atoms with E-state index in [4.69, 9.17) is 32.7 Å². The van der Waals surface area contributed by atoms with Gasteiger partial charge < -0.3 is 9.47 Å². The minimum absolute atomic E-state index is 0.300. The highest BCUT2D eigenvalue weighted by molar-refractivity contribution is 6.32. The first-order valence-corrected chi connectivity index (χ1v) is 8.42. The quantitative estimate of drug-likeness (QED) is 0.598. The van der Waals surface area contributed by atoms with Crippen molar-refractivity contribution in [2.45, 2.75) is 20.0 Å². The topological polar surface area (TPSA) is 57.1 Å². The number of rotatable bonds is 6. The van der Waals surface area contributed by atoms with Gasteiger partial charge in [-0.25, -0.2) is 15.0 Å². The van der Waals surface area contributed by atoms with Crippen molar-refractivity contribution in [2.24, 2.45) is 0 Å². The Kier molecular flexibility index (Phi) is 5.68. The third-order valence-corrected chi connectivity index (χ3v) is 4.01. The molecular formula is C18H15Cl2N3O2. The minimum atomic E-state index is 0.300. The second kappa shape index (κ2) is 8.14. The minimum Gasteiger partial charge on any atom is -0.472 e. The van der Waals surface area contributed by atoms with Crippen LogP contribution in [-0.4, -0.2) is 15.0 Å². The molecule has 0 atom stereocenters. The van der Waals surface area contributed by atoms with Crippen molar-refractivity contribution >= 4 is 23.2 Å². The van der Waals surface area contributed by atoms with Gasteiger partial charge in [0.2, 0.25) is 11.8 Å². The van der Waals surface area contributed by atoms with Gasteiger partial charge in [0.15, 0.2) is 0 Å². The summed E-state index contributed by atoms with van der Waals surface area (Å²) in [6.45, 7) is 2.27. The van der Waals surface area contributed by atoms with E-state index in [1.165, 1.54) is 6.33 Å². The molecule has 0 aliphatic heterocycles. The molecule has 0 saturated carbocycles. The molecule has 0 bridgehead atoms. The third-order valence-electron chi connectivity index (χ3n) is 3.37. The number of halogens is 2. The molecule has 128 valence electrons. The van der Waals surface area contributed by atoms with Gasteiger partial charge in [0.05, 0.1) is 5.69 Å². The lowest BCUT2D eigenvalue weighted by Crippen LogP contribution is -2.01. The zero-order valence-corrected chi connectivity index (χ0v) is 15.0. The van der Waals surface area contributed by atoms with Crippen molar-refractivity contribution in [1.29, 1.82) is 0 Å². The number of hydrogen-bond donors (Lipinski definition) is 0. The van der Waals surface area contributed by atoms with Crippen LogP contribution in [0.5, 0.6) is 17.5 Å². The van der Waals surface area contributed by atoms with Crippen molar-refractivity contribution in [3.63, 3.8) is 0 Å². The van der Waals surface area contributed by atoms with E-state index in [9.17, 15) is 0 Å². The summed E-state index contributed by atoms with van der Waals surface area (Å²) < 4.78 is 11.3. The number of aryl methyl sites for hydroxylation is 1. The fraction of sp³-hybridized carbons (Fsp3) is 0.167. The van der Waals surface area contributed by atoms with Crippen LogP contribution in [0.2, 0.25) is 10.0 Å². The molecule has 0 saturated heterocycles. The third kappa shape index (κ3) is 4.59. The van der Waals surface area contributed by atoms with E-state index in [-0.39, 0.29) is 0 Å². The second-order valence-electron chi connectivity index (χ2n) is 5.14. The predicted molar refractivity (Wildman–Crippen MR) is 96.5 cm³/mol. The number of aromatic nitrogens is 3. The molecule has 0 radical (unpaired) electrons. The molecule has 0 amide bonds. The molecule has 2 aromatic heterocycles. The van der Waals surface area contributed by atoms with Crippen molar-refractivity contribution in [3.8, 4) is 17.5 Å². The lowest BCUT2D eigenvalue weighted by Gasteiger charge is -2.09. The monoisotopic (exact) mass is 375 g/mol. The van der Waals surface area contributed by atoms with E-state index in [0.29, 0.717) is 34.2 Å². The van der Waals surface area contributed by atoms with E-state index in [2.05, 4.69) is 15.0 Å². The van der Waals surface area contributed by atoms with Crippen LogP contribution in [0, 0.1) is 0 Å². The zero-order chi connectivity index (χ0) is 17.6. The SMILES string of the molecule is CCc1ncnc(OCc2ccc(Oc3ccc(Cl)cc3)nc2)c1Cl. The molecule has 7 heteroatoms. The molecule has 0 N–H and O–H groups in total. The Balaban J connectivity index is 1.62. The largest absolute Gasteiger partial charge is 0.472 e. The van der Waals surface area contributed by atoms with Crippen LogP contribution in [0.15, 0.2) is 48.9 Å². The molecule has 0 aliphatic carbocycles. The zero-order valence-electron chi connectivity index (χ0n) is 13.4. The number of hydrogen-bond acceptors (Lipinski definition) is 5. The molecule has 0 spiro atoms. The van der Waals surface area contributed by atoms with Gasteiger partial charge in [-0.2, -0.15) is 0 Å². The van der Waals surface area contributed by atoms with Gasteiger partial charge in [0, 0.05) is 22.8 Å². The fourth-order valence-corrected chi connectivity index (χ4v) is 2.48. The Bertz CT molecular complexity index is 840. The van der Waals surface area contributed by atoms with Gasteiger partial charge >= 0.3 is 0 Å². The highest BCUT2D eigenvalue weighted by Gasteiger charge is 2.09. The lowest BCUT2D eigenvalue weighted by atomic mass is 10.3. The van der Waals surface area contributed by atoms with Crippen LogP contribution in [0.3, 0.4) is 0 Å². The first kappa shape index (κ1) is 17.5. The maximum Gasteiger partial charge on any atom is 0.236 e. The van der Waals surface area contributed by atoms with Crippen LogP contribution in [0.4, 0.5) is 0 Å². The lowest BCUT2D eigenvalue weighted by molar-refractivity contribution is 0.292. The summed E-state index contributed by atoms with van der Waals surface area (Å²) in [4.78, 5) is 12.4. The van der Waals surface area contributed by atoms with Crippen molar-refractivity contribution < 1.29 is 9.47 Å². The molecule has 3 rings (SSSR count). The Hall–Kier alpha value is -2.37. The average molecular weight is 376 g/mol. The summed E-state index contributed by atoms with van der Waals surface area (Å²) in [6, 6.07) is 10.7. The molecule has 0 aliphatic rings. The molecule has 0 fully saturated rings. The summed E-state index contributed by atoms with van der Waals surface area (Å²) in [7, 11) is 0. The standard InChI is InChI=1S/C18H15Cl2N3O2/c1-2-15-17(20)18(23-11-22-15)24-10-12-3-8-16(21-9-12)25-14-6-4-13(19)5-7-14/h3-9,11H,2,10H2,1H3. The number of benzene rings is 1. The van der Waals surface area contributed by atoms with E-state index in [0.717, 1.165) is 17.7 Å². The second-order valence-corrected chi connectivity index (χ2v) is 5.96. The molecule has 3 aromatic rings. The first-order valence-electron chi connectivity index (χ1n) is 7.66. The molecule has 5 nitrogen and oxygen atoms in total. The number of nitrogens with zero attached hydrogens (tertiary/aromatic N) is 3.